The average Bonchev–Trinajstić information content (AvgIpc) is 2.67. The van der Waals surface area contributed by atoms with Crippen LogP contribution in [-0.4, -0.2) is 29.8 Å². The van der Waals surface area contributed by atoms with Crippen molar-refractivity contribution in [1.29, 1.82) is 0 Å². The summed E-state index contributed by atoms with van der Waals surface area (Å²) in [6.07, 6.45) is 4.40. The van der Waals surface area contributed by atoms with E-state index in [2.05, 4.69) is 43.0 Å². The molecule has 2 atom stereocenters. The molecule has 1 aliphatic carbocycles. The highest BCUT2D eigenvalue weighted by molar-refractivity contribution is 6.01. The SMILES string of the molecule is CCCN(CCC)C1CCc2ccccc2C1C(=O)c1ccccc1.Cl. The van der Waals surface area contributed by atoms with E-state index in [0.29, 0.717) is 6.04 Å². The lowest BCUT2D eigenvalue weighted by Gasteiger charge is -2.40. The maximum atomic E-state index is 13.5. The maximum absolute atomic E-state index is 13.5. The second-order valence-corrected chi connectivity index (χ2v) is 7.05. The Morgan fingerprint density at radius 2 is 1.58 bits per heavy atom. The highest BCUT2D eigenvalue weighted by Gasteiger charge is 2.37. The molecule has 26 heavy (non-hydrogen) atoms. The zero-order chi connectivity index (χ0) is 17.6. The molecule has 2 aromatic carbocycles. The number of hydrogen-bond donors (Lipinski definition) is 0. The predicted octanol–water partition coefficient (Wildman–Crippen LogP) is 5.51. The van der Waals surface area contributed by atoms with Crippen LogP contribution in [0.2, 0.25) is 0 Å². The molecule has 0 saturated carbocycles. The summed E-state index contributed by atoms with van der Waals surface area (Å²) in [4.78, 5) is 16.0. The van der Waals surface area contributed by atoms with Crippen molar-refractivity contribution in [2.45, 2.75) is 51.5 Å². The lowest BCUT2D eigenvalue weighted by atomic mass is 9.74. The van der Waals surface area contributed by atoms with Crippen molar-refractivity contribution in [2.75, 3.05) is 13.1 Å². The number of benzene rings is 2. The lowest BCUT2D eigenvalue weighted by molar-refractivity contribution is 0.0841. The van der Waals surface area contributed by atoms with Crippen molar-refractivity contribution >= 4 is 18.2 Å². The van der Waals surface area contributed by atoms with Gasteiger partial charge in [-0.15, -0.1) is 12.4 Å². The summed E-state index contributed by atoms with van der Waals surface area (Å²) in [7, 11) is 0. The lowest BCUT2D eigenvalue weighted by Crippen LogP contribution is -2.45. The number of halogens is 1. The molecular weight excluding hydrogens is 342 g/mol. The fraction of sp³-hybridized carbons (Fsp3) is 0.435. The van der Waals surface area contributed by atoms with Crippen molar-refractivity contribution < 1.29 is 4.79 Å². The number of carbonyl (C=O) groups is 1. The van der Waals surface area contributed by atoms with E-state index in [4.69, 9.17) is 0 Å². The van der Waals surface area contributed by atoms with Gasteiger partial charge in [-0.2, -0.15) is 0 Å². The van der Waals surface area contributed by atoms with Gasteiger partial charge in [0.15, 0.2) is 5.78 Å². The molecule has 3 heteroatoms. The van der Waals surface area contributed by atoms with Gasteiger partial charge in [-0.25, -0.2) is 0 Å². The molecule has 0 bridgehead atoms. The summed E-state index contributed by atoms with van der Waals surface area (Å²) >= 11 is 0. The Labute approximate surface area is 164 Å². The largest absolute Gasteiger partial charge is 0.299 e. The highest BCUT2D eigenvalue weighted by Crippen LogP contribution is 2.37. The minimum absolute atomic E-state index is 0. The van der Waals surface area contributed by atoms with Gasteiger partial charge in [-0.05, 0) is 49.9 Å². The standard InChI is InChI=1S/C23H29NO.ClH/c1-3-16-24(17-4-2)21-15-14-18-10-8-9-13-20(18)22(21)23(25)19-11-6-5-7-12-19;/h5-13,21-22H,3-4,14-17H2,1-2H3;1H. The van der Waals surface area contributed by atoms with Gasteiger partial charge in [-0.1, -0.05) is 68.4 Å². The molecular formula is C23H30ClNO. The number of rotatable bonds is 7. The molecule has 2 nitrogen and oxygen atoms in total. The number of ketones is 1. The van der Waals surface area contributed by atoms with E-state index >= 15 is 0 Å². The Balaban J connectivity index is 0.00000243. The summed E-state index contributed by atoms with van der Waals surface area (Å²) in [6, 6.07) is 18.7. The van der Waals surface area contributed by atoms with Crippen LogP contribution >= 0.6 is 12.4 Å². The fourth-order valence-electron chi connectivity index (χ4n) is 4.25. The van der Waals surface area contributed by atoms with Crippen LogP contribution in [0, 0.1) is 0 Å². The van der Waals surface area contributed by atoms with Crippen LogP contribution in [0.4, 0.5) is 0 Å². The Morgan fingerprint density at radius 3 is 2.23 bits per heavy atom. The molecule has 0 N–H and O–H groups in total. The molecule has 3 rings (SSSR count). The minimum atomic E-state index is -0.0505. The van der Waals surface area contributed by atoms with Crippen LogP contribution in [0.1, 0.15) is 60.5 Å². The molecule has 140 valence electrons. The number of carbonyl (C=O) groups excluding carboxylic acids is 1. The van der Waals surface area contributed by atoms with Crippen molar-refractivity contribution in [3.8, 4) is 0 Å². The van der Waals surface area contributed by atoms with E-state index in [9.17, 15) is 4.79 Å². The third kappa shape index (κ3) is 4.36. The zero-order valence-electron chi connectivity index (χ0n) is 15.9. The Bertz CT molecular complexity index is 694. The predicted molar refractivity (Wildman–Crippen MR) is 111 cm³/mol. The second kappa shape index (κ2) is 9.89. The molecule has 0 amide bonds. The van der Waals surface area contributed by atoms with Crippen LogP contribution in [-0.2, 0) is 6.42 Å². The highest BCUT2D eigenvalue weighted by atomic mass is 35.5. The summed E-state index contributed by atoms with van der Waals surface area (Å²) in [5.41, 5.74) is 3.42. The molecule has 0 spiro atoms. The van der Waals surface area contributed by atoms with E-state index in [-0.39, 0.29) is 24.1 Å². The van der Waals surface area contributed by atoms with Crippen LogP contribution in [0.15, 0.2) is 54.6 Å². The van der Waals surface area contributed by atoms with Gasteiger partial charge < -0.3 is 0 Å². The molecule has 0 aliphatic heterocycles. The fourth-order valence-corrected chi connectivity index (χ4v) is 4.25. The quantitative estimate of drug-likeness (QED) is 0.598. The monoisotopic (exact) mass is 371 g/mol. The molecule has 0 radical (unpaired) electrons. The second-order valence-electron chi connectivity index (χ2n) is 7.05. The zero-order valence-corrected chi connectivity index (χ0v) is 16.7. The Kier molecular flexibility index (Phi) is 7.86. The smallest absolute Gasteiger partial charge is 0.171 e. The van der Waals surface area contributed by atoms with E-state index in [1.54, 1.807) is 0 Å². The van der Waals surface area contributed by atoms with E-state index in [0.717, 1.165) is 44.3 Å². The van der Waals surface area contributed by atoms with Crippen LogP contribution in [0.3, 0.4) is 0 Å². The molecule has 2 unspecified atom stereocenters. The van der Waals surface area contributed by atoms with E-state index in [1.165, 1.54) is 11.1 Å². The first-order chi connectivity index (χ1) is 12.3. The van der Waals surface area contributed by atoms with Crippen LogP contribution in [0.25, 0.3) is 0 Å². The summed E-state index contributed by atoms with van der Waals surface area (Å²) in [5, 5.41) is 0. The molecule has 0 aromatic heterocycles. The van der Waals surface area contributed by atoms with Gasteiger partial charge in [0.2, 0.25) is 0 Å². The average molecular weight is 372 g/mol. The van der Waals surface area contributed by atoms with Crippen molar-refractivity contribution in [3.63, 3.8) is 0 Å². The molecule has 0 saturated heterocycles. The number of fused-ring (bicyclic) bond motifs is 1. The van der Waals surface area contributed by atoms with Gasteiger partial charge in [0.25, 0.3) is 0 Å². The Morgan fingerprint density at radius 1 is 0.962 bits per heavy atom. The number of nitrogens with zero attached hydrogens (tertiary/aromatic N) is 1. The first kappa shape index (κ1) is 20.7. The van der Waals surface area contributed by atoms with Gasteiger partial charge in [0, 0.05) is 11.6 Å². The number of Topliss-reactive ketones (excluding diaryl/α,β-unsaturated/α-hetero) is 1. The summed E-state index contributed by atoms with van der Waals surface area (Å²) in [5.74, 6) is 0.223. The minimum Gasteiger partial charge on any atom is -0.299 e. The molecule has 2 aromatic rings. The number of hydrogen-bond acceptors (Lipinski definition) is 2. The van der Waals surface area contributed by atoms with Gasteiger partial charge >= 0.3 is 0 Å². The van der Waals surface area contributed by atoms with Crippen LogP contribution in [0.5, 0.6) is 0 Å². The summed E-state index contributed by atoms with van der Waals surface area (Å²) in [6.45, 7) is 6.60. The number of aryl methyl sites for hydroxylation is 1. The first-order valence-electron chi connectivity index (χ1n) is 9.67. The van der Waals surface area contributed by atoms with E-state index < -0.39 is 0 Å². The van der Waals surface area contributed by atoms with Gasteiger partial charge in [0.1, 0.15) is 0 Å². The summed E-state index contributed by atoms with van der Waals surface area (Å²) < 4.78 is 0. The molecule has 1 aliphatic rings. The van der Waals surface area contributed by atoms with Crippen molar-refractivity contribution in [1.82, 2.24) is 4.90 Å². The van der Waals surface area contributed by atoms with Crippen LogP contribution < -0.4 is 0 Å². The molecule has 0 fully saturated rings. The van der Waals surface area contributed by atoms with Crippen molar-refractivity contribution in [2.24, 2.45) is 0 Å². The third-order valence-electron chi connectivity index (χ3n) is 5.32. The van der Waals surface area contributed by atoms with Gasteiger partial charge in [0.05, 0.1) is 5.92 Å². The maximum Gasteiger partial charge on any atom is 0.171 e. The normalized spacial score (nSPS) is 18.9. The van der Waals surface area contributed by atoms with E-state index in [1.807, 2.05) is 30.3 Å². The first-order valence-corrected chi connectivity index (χ1v) is 9.67. The Hall–Kier alpha value is -1.64. The van der Waals surface area contributed by atoms with Crippen molar-refractivity contribution in [3.05, 3.63) is 71.3 Å². The third-order valence-corrected chi connectivity index (χ3v) is 5.32. The molecule has 0 heterocycles. The van der Waals surface area contributed by atoms with Gasteiger partial charge in [-0.3, -0.25) is 9.69 Å². The topological polar surface area (TPSA) is 20.3 Å².